The zero-order chi connectivity index (χ0) is 10.2. The molecule has 0 bridgehead atoms. The van der Waals surface area contributed by atoms with Gasteiger partial charge in [-0.1, -0.05) is 0 Å². The van der Waals surface area contributed by atoms with E-state index in [4.69, 9.17) is 19.9 Å². The zero-order valence-corrected chi connectivity index (χ0v) is 8.84. The van der Waals surface area contributed by atoms with Gasteiger partial charge in [-0.15, -0.1) is 0 Å². The van der Waals surface area contributed by atoms with Crippen molar-refractivity contribution >= 4 is 0 Å². The van der Waals surface area contributed by atoms with Gasteiger partial charge in [0.25, 0.3) is 0 Å². The summed E-state index contributed by atoms with van der Waals surface area (Å²) in [6, 6.07) is 0. The van der Waals surface area contributed by atoms with Crippen LogP contribution in [0.4, 0.5) is 0 Å². The number of rotatable bonds is 8. The third-order valence-corrected chi connectivity index (χ3v) is 1.89. The maximum Gasteiger partial charge on any atom is 0.121 e. The molecule has 0 saturated carbocycles. The van der Waals surface area contributed by atoms with Crippen molar-refractivity contribution in [3.63, 3.8) is 0 Å². The lowest BCUT2D eigenvalue weighted by Gasteiger charge is -2.28. The first-order valence-corrected chi connectivity index (χ1v) is 4.59. The van der Waals surface area contributed by atoms with E-state index in [-0.39, 0.29) is 0 Å². The van der Waals surface area contributed by atoms with Gasteiger partial charge in [0.15, 0.2) is 0 Å². The zero-order valence-electron chi connectivity index (χ0n) is 8.84. The van der Waals surface area contributed by atoms with Gasteiger partial charge < -0.3 is 19.9 Å². The quantitative estimate of drug-likeness (QED) is 0.575. The van der Waals surface area contributed by atoms with Gasteiger partial charge in [-0.2, -0.15) is 0 Å². The van der Waals surface area contributed by atoms with Crippen LogP contribution in [0, 0.1) is 0 Å². The van der Waals surface area contributed by atoms with E-state index in [2.05, 4.69) is 0 Å². The molecule has 0 saturated heterocycles. The van der Waals surface area contributed by atoms with Crippen LogP contribution in [0.1, 0.15) is 19.8 Å². The van der Waals surface area contributed by atoms with Crippen molar-refractivity contribution in [3.05, 3.63) is 0 Å². The van der Waals surface area contributed by atoms with Crippen LogP contribution in [0.5, 0.6) is 0 Å². The maximum atomic E-state index is 6.00. The molecule has 13 heavy (non-hydrogen) atoms. The third kappa shape index (κ3) is 5.99. The van der Waals surface area contributed by atoms with E-state index in [1.807, 2.05) is 6.92 Å². The molecule has 0 aliphatic carbocycles. The molecule has 0 aromatic carbocycles. The molecule has 0 aliphatic rings. The minimum absolute atomic E-state index is 0.596. The lowest BCUT2D eigenvalue weighted by Crippen LogP contribution is -2.44. The van der Waals surface area contributed by atoms with E-state index in [0.29, 0.717) is 32.7 Å². The first kappa shape index (κ1) is 12.8. The molecule has 2 N–H and O–H groups in total. The molecule has 0 spiro atoms. The van der Waals surface area contributed by atoms with Gasteiger partial charge in [-0.25, -0.2) is 0 Å². The number of nitrogens with two attached hydrogens (primary N) is 1. The standard InChI is InChI=1S/C9H21NO3/c1-4-13-9(10,5-7-11-2)6-8-12-3/h4-8,10H2,1-3H3. The van der Waals surface area contributed by atoms with Crippen LogP contribution in [0.15, 0.2) is 0 Å². The molecule has 0 heterocycles. The Balaban J connectivity index is 3.84. The molecule has 0 aliphatic heterocycles. The van der Waals surface area contributed by atoms with E-state index in [1.54, 1.807) is 14.2 Å². The molecule has 4 heteroatoms. The van der Waals surface area contributed by atoms with Crippen molar-refractivity contribution in [2.75, 3.05) is 34.0 Å². The first-order valence-electron chi connectivity index (χ1n) is 4.59. The summed E-state index contributed by atoms with van der Waals surface area (Å²) in [4.78, 5) is 0. The van der Waals surface area contributed by atoms with Gasteiger partial charge in [-0.3, -0.25) is 0 Å². The summed E-state index contributed by atoms with van der Waals surface area (Å²) in [5.41, 5.74) is 5.40. The lowest BCUT2D eigenvalue weighted by molar-refractivity contribution is -0.0694. The molecule has 0 aromatic heterocycles. The molecular formula is C9H21NO3. The monoisotopic (exact) mass is 191 g/mol. The van der Waals surface area contributed by atoms with Crippen LogP contribution >= 0.6 is 0 Å². The second-order valence-corrected chi connectivity index (χ2v) is 2.98. The summed E-state index contributed by atoms with van der Waals surface area (Å²) in [6.45, 7) is 3.77. The third-order valence-electron chi connectivity index (χ3n) is 1.89. The first-order chi connectivity index (χ1) is 6.18. The van der Waals surface area contributed by atoms with Gasteiger partial charge in [0.1, 0.15) is 5.72 Å². The van der Waals surface area contributed by atoms with Crippen LogP contribution in [0.2, 0.25) is 0 Å². The van der Waals surface area contributed by atoms with Crippen molar-refractivity contribution in [2.24, 2.45) is 5.73 Å². The predicted octanol–water partition coefficient (Wildman–Crippen LogP) is 0.751. The van der Waals surface area contributed by atoms with E-state index in [1.165, 1.54) is 0 Å². The Bertz CT molecular complexity index is 111. The molecule has 4 nitrogen and oxygen atoms in total. The minimum Gasteiger partial charge on any atom is -0.385 e. The lowest BCUT2D eigenvalue weighted by atomic mass is 10.1. The molecule has 0 amide bonds. The Morgan fingerprint density at radius 1 is 1.08 bits per heavy atom. The Morgan fingerprint density at radius 3 is 1.85 bits per heavy atom. The number of hydrogen-bond acceptors (Lipinski definition) is 4. The highest BCUT2D eigenvalue weighted by Gasteiger charge is 2.24. The van der Waals surface area contributed by atoms with Gasteiger partial charge in [0.05, 0.1) is 13.2 Å². The summed E-state index contributed by atoms with van der Waals surface area (Å²) < 4.78 is 15.4. The highest BCUT2D eigenvalue weighted by atomic mass is 16.5. The number of methoxy groups -OCH3 is 2. The Morgan fingerprint density at radius 2 is 1.54 bits per heavy atom. The fourth-order valence-electron chi connectivity index (χ4n) is 1.11. The molecule has 0 rings (SSSR count). The molecule has 0 aromatic rings. The largest absolute Gasteiger partial charge is 0.385 e. The highest BCUT2D eigenvalue weighted by molar-refractivity contribution is 4.72. The minimum atomic E-state index is -0.596. The fraction of sp³-hybridized carbons (Fsp3) is 1.00. The molecule has 0 fully saturated rings. The van der Waals surface area contributed by atoms with E-state index in [0.717, 1.165) is 0 Å². The van der Waals surface area contributed by atoms with Crippen molar-refractivity contribution in [1.29, 1.82) is 0 Å². The molecule has 80 valence electrons. The van der Waals surface area contributed by atoms with Crippen LogP contribution in [0.25, 0.3) is 0 Å². The molecular weight excluding hydrogens is 170 g/mol. The van der Waals surface area contributed by atoms with E-state index in [9.17, 15) is 0 Å². The molecule has 0 radical (unpaired) electrons. The smallest absolute Gasteiger partial charge is 0.121 e. The van der Waals surface area contributed by atoms with Crippen molar-refractivity contribution in [2.45, 2.75) is 25.5 Å². The van der Waals surface area contributed by atoms with Crippen molar-refractivity contribution in [1.82, 2.24) is 0 Å². The van der Waals surface area contributed by atoms with E-state index >= 15 is 0 Å². The Kier molecular flexibility index (Phi) is 7.17. The molecule has 0 unspecified atom stereocenters. The average molecular weight is 191 g/mol. The predicted molar refractivity (Wildman–Crippen MR) is 51.5 cm³/mol. The van der Waals surface area contributed by atoms with Gasteiger partial charge in [0, 0.05) is 33.7 Å². The average Bonchev–Trinajstić information content (AvgIpc) is 2.12. The van der Waals surface area contributed by atoms with E-state index < -0.39 is 5.72 Å². The van der Waals surface area contributed by atoms with Gasteiger partial charge in [-0.05, 0) is 6.92 Å². The number of ether oxygens (including phenoxy) is 3. The van der Waals surface area contributed by atoms with Gasteiger partial charge in [0.2, 0.25) is 0 Å². The second kappa shape index (κ2) is 7.26. The van der Waals surface area contributed by atoms with Gasteiger partial charge >= 0.3 is 0 Å². The topological polar surface area (TPSA) is 53.7 Å². The summed E-state index contributed by atoms with van der Waals surface area (Å²) in [7, 11) is 3.31. The normalized spacial score (nSPS) is 12.0. The second-order valence-electron chi connectivity index (χ2n) is 2.98. The fourth-order valence-corrected chi connectivity index (χ4v) is 1.11. The summed E-state index contributed by atoms with van der Waals surface area (Å²) >= 11 is 0. The maximum absolute atomic E-state index is 6.00. The molecule has 0 atom stereocenters. The van der Waals surface area contributed by atoms with Crippen LogP contribution in [-0.2, 0) is 14.2 Å². The van der Waals surface area contributed by atoms with Crippen molar-refractivity contribution < 1.29 is 14.2 Å². The Hall–Kier alpha value is -0.160. The summed E-state index contributed by atoms with van der Waals surface area (Å²) in [5, 5.41) is 0. The van der Waals surface area contributed by atoms with Crippen LogP contribution in [0.3, 0.4) is 0 Å². The van der Waals surface area contributed by atoms with Crippen LogP contribution in [-0.4, -0.2) is 39.8 Å². The number of hydrogen-bond donors (Lipinski definition) is 1. The highest BCUT2D eigenvalue weighted by Crippen LogP contribution is 2.13. The van der Waals surface area contributed by atoms with Crippen LogP contribution < -0.4 is 5.73 Å². The SMILES string of the molecule is CCOC(N)(CCOC)CCOC. The Labute approximate surface area is 80.3 Å². The summed E-state index contributed by atoms with van der Waals surface area (Å²) in [6.07, 6.45) is 1.39. The summed E-state index contributed by atoms with van der Waals surface area (Å²) in [5.74, 6) is 0. The van der Waals surface area contributed by atoms with Crippen molar-refractivity contribution in [3.8, 4) is 0 Å².